The summed E-state index contributed by atoms with van der Waals surface area (Å²) in [5.74, 6) is 2.26. The highest BCUT2D eigenvalue weighted by molar-refractivity contribution is 7.99. The molecular weight excluding hydrogens is 272 g/mol. The molecule has 1 aliphatic rings. The van der Waals surface area contributed by atoms with Crippen LogP contribution >= 0.6 is 35.6 Å². The number of nitrogens with zero attached hydrogens (tertiary/aromatic N) is 1. The van der Waals surface area contributed by atoms with Gasteiger partial charge in [0.1, 0.15) is 4.99 Å². The van der Waals surface area contributed by atoms with Crippen molar-refractivity contribution in [2.24, 2.45) is 5.73 Å². The summed E-state index contributed by atoms with van der Waals surface area (Å²) >= 11 is 13.3. The minimum absolute atomic E-state index is 0.371. The van der Waals surface area contributed by atoms with Crippen LogP contribution in [0.5, 0.6) is 0 Å². The summed E-state index contributed by atoms with van der Waals surface area (Å²) in [6.07, 6.45) is 0. The fraction of sp³-hybridized carbons (Fsp3) is 0.417. The van der Waals surface area contributed by atoms with Gasteiger partial charge in [-0.3, -0.25) is 0 Å². The van der Waals surface area contributed by atoms with Crippen molar-refractivity contribution in [2.75, 3.05) is 23.0 Å². The van der Waals surface area contributed by atoms with Crippen molar-refractivity contribution >= 4 is 46.3 Å². The van der Waals surface area contributed by atoms with E-state index in [1.54, 1.807) is 0 Å². The van der Waals surface area contributed by atoms with Gasteiger partial charge in [0.25, 0.3) is 0 Å². The lowest BCUT2D eigenvalue weighted by atomic mass is 10.1. The monoisotopic (exact) mass is 286 g/mol. The van der Waals surface area contributed by atoms with E-state index in [4.69, 9.17) is 29.6 Å². The average molecular weight is 287 g/mol. The first-order chi connectivity index (χ1) is 8.11. The molecule has 1 aromatic rings. The van der Waals surface area contributed by atoms with Crippen molar-refractivity contribution in [1.29, 1.82) is 0 Å². The van der Waals surface area contributed by atoms with Crippen molar-refractivity contribution in [1.82, 2.24) is 0 Å². The molecule has 92 valence electrons. The van der Waals surface area contributed by atoms with Gasteiger partial charge in [-0.05, 0) is 19.1 Å². The van der Waals surface area contributed by atoms with Gasteiger partial charge >= 0.3 is 0 Å². The van der Waals surface area contributed by atoms with E-state index in [0.717, 1.165) is 29.3 Å². The molecule has 0 amide bonds. The van der Waals surface area contributed by atoms with E-state index >= 15 is 0 Å². The summed E-state index contributed by atoms with van der Waals surface area (Å²) in [4.78, 5) is 2.72. The Morgan fingerprint density at radius 3 is 3.00 bits per heavy atom. The molecule has 0 saturated carbocycles. The highest BCUT2D eigenvalue weighted by Gasteiger charge is 2.22. The van der Waals surface area contributed by atoms with Gasteiger partial charge in [-0.15, -0.1) is 0 Å². The first kappa shape index (κ1) is 13.0. The predicted molar refractivity (Wildman–Crippen MR) is 81.5 cm³/mol. The van der Waals surface area contributed by atoms with Gasteiger partial charge in [-0.1, -0.05) is 29.9 Å². The molecule has 0 aliphatic carbocycles. The Morgan fingerprint density at radius 1 is 1.59 bits per heavy atom. The lowest BCUT2D eigenvalue weighted by Gasteiger charge is -2.36. The summed E-state index contributed by atoms with van der Waals surface area (Å²) in [7, 11) is 0. The van der Waals surface area contributed by atoms with Gasteiger partial charge in [0.15, 0.2) is 0 Å². The van der Waals surface area contributed by atoms with E-state index < -0.39 is 0 Å². The zero-order chi connectivity index (χ0) is 12.4. The van der Waals surface area contributed by atoms with E-state index in [9.17, 15) is 0 Å². The largest absolute Gasteiger partial charge is 0.389 e. The summed E-state index contributed by atoms with van der Waals surface area (Å²) in [5.41, 5.74) is 7.66. The van der Waals surface area contributed by atoms with Gasteiger partial charge in [-0.2, -0.15) is 11.8 Å². The lowest BCUT2D eigenvalue weighted by Crippen LogP contribution is -2.41. The second-order valence-corrected chi connectivity index (χ2v) is 6.11. The van der Waals surface area contributed by atoms with Crippen LogP contribution in [-0.2, 0) is 0 Å². The molecule has 1 heterocycles. The molecular formula is C12H15ClN2S2. The van der Waals surface area contributed by atoms with E-state index in [0.29, 0.717) is 16.1 Å². The van der Waals surface area contributed by atoms with Gasteiger partial charge < -0.3 is 10.6 Å². The summed E-state index contributed by atoms with van der Waals surface area (Å²) in [6, 6.07) is 6.32. The zero-order valence-corrected chi connectivity index (χ0v) is 12.0. The second kappa shape index (κ2) is 5.46. The van der Waals surface area contributed by atoms with Crippen LogP contribution in [0.25, 0.3) is 0 Å². The first-order valence-electron chi connectivity index (χ1n) is 5.54. The van der Waals surface area contributed by atoms with Crippen molar-refractivity contribution < 1.29 is 0 Å². The number of hydrogen-bond donors (Lipinski definition) is 1. The average Bonchev–Trinajstić information content (AvgIpc) is 2.28. The van der Waals surface area contributed by atoms with Gasteiger partial charge in [-0.25, -0.2) is 0 Å². The topological polar surface area (TPSA) is 29.3 Å². The molecule has 1 aromatic carbocycles. The van der Waals surface area contributed by atoms with Crippen LogP contribution in [0.2, 0.25) is 5.02 Å². The second-order valence-electron chi connectivity index (χ2n) is 4.12. The van der Waals surface area contributed by atoms with Crippen LogP contribution in [-0.4, -0.2) is 29.1 Å². The Bertz CT molecular complexity index is 437. The molecule has 1 unspecified atom stereocenters. The molecule has 0 aromatic heterocycles. The Hall–Kier alpha value is -0.450. The van der Waals surface area contributed by atoms with Crippen molar-refractivity contribution in [3.63, 3.8) is 0 Å². The molecule has 17 heavy (non-hydrogen) atoms. The molecule has 2 rings (SSSR count). The molecule has 0 spiro atoms. The fourth-order valence-corrected chi connectivity index (χ4v) is 3.64. The van der Waals surface area contributed by atoms with E-state index in [1.165, 1.54) is 0 Å². The molecule has 1 atom stereocenters. The van der Waals surface area contributed by atoms with E-state index in [1.807, 2.05) is 30.0 Å². The molecule has 0 radical (unpaired) electrons. The number of thiocarbonyl (C=S) groups is 1. The quantitative estimate of drug-likeness (QED) is 0.847. The van der Waals surface area contributed by atoms with Crippen molar-refractivity contribution in [3.05, 3.63) is 28.8 Å². The van der Waals surface area contributed by atoms with Gasteiger partial charge in [0.2, 0.25) is 0 Å². The molecule has 1 fully saturated rings. The van der Waals surface area contributed by atoms with Crippen LogP contribution in [0.4, 0.5) is 5.69 Å². The summed E-state index contributed by atoms with van der Waals surface area (Å²) in [6.45, 7) is 3.23. The number of anilines is 1. The molecule has 0 bridgehead atoms. The standard InChI is InChI=1S/C12H15ClN2S2/c1-8-7-17-6-5-15(8)10-4-2-3-9(13)11(10)12(14)16/h2-4,8H,5-7H2,1H3,(H2,14,16). The Balaban J connectivity index is 2.43. The third-order valence-electron chi connectivity index (χ3n) is 2.92. The minimum Gasteiger partial charge on any atom is -0.389 e. The maximum absolute atomic E-state index is 6.19. The number of rotatable bonds is 2. The van der Waals surface area contributed by atoms with Crippen LogP contribution < -0.4 is 10.6 Å². The maximum Gasteiger partial charge on any atom is 0.107 e. The fourth-order valence-electron chi connectivity index (χ4n) is 2.08. The Morgan fingerprint density at radius 2 is 2.35 bits per heavy atom. The van der Waals surface area contributed by atoms with Gasteiger partial charge in [0, 0.05) is 29.8 Å². The summed E-state index contributed by atoms with van der Waals surface area (Å²) in [5, 5.41) is 0.639. The highest BCUT2D eigenvalue weighted by atomic mass is 35.5. The number of thioether (sulfide) groups is 1. The van der Waals surface area contributed by atoms with Gasteiger partial charge in [0.05, 0.1) is 10.6 Å². The maximum atomic E-state index is 6.19. The Kier molecular flexibility index (Phi) is 4.17. The van der Waals surface area contributed by atoms with Crippen LogP contribution in [0.15, 0.2) is 18.2 Å². The smallest absolute Gasteiger partial charge is 0.107 e. The third kappa shape index (κ3) is 2.69. The molecule has 2 nitrogen and oxygen atoms in total. The number of benzene rings is 1. The predicted octanol–water partition coefficient (Wildman–Crippen LogP) is 2.92. The summed E-state index contributed by atoms with van der Waals surface area (Å²) < 4.78 is 0. The number of halogens is 1. The van der Waals surface area contributed by atoms with Crippen molar-refractivity contribution in [3.8, 4) is 0 Å². The van der Waals surface area contributed by atoms with Crippen LogP contribution in [0.3, 0.4) is 0 Å². The number of nitrogens with two attached hydrogens (primary N) is 1. The molecule has 2 N–H and O–H groups in total. The third-order valence-corrected chi connectivity index (χ3v) is 4.62. The Labute approximate surface area is 117 Å². The SMILES string of the molecule is CC1CSCCN1c1cccc(Cl)c1C(N)=S. The van der Waals surface area contributed by atoms with E-state index in [2.05, 4.69) is 11.8 Å². The molecule has 1 aliphatic heterocycles. The molecule has 5 heteroatoms. The van der Waals surface area contributed by atoms with Crippen molar-refractivity contribution in [2.45, 2.75) is 13.0 Å². The molecule has 1 saturated heterocycles. The number of hydrogen-bond acceptors (Lipinski definition) is 3. The van der Waals surface area contributed by atoms with E-state index in [-0.39, 0.29) is 0 Å². The first-order valence-corrected chi connectivity index (χ1v) is 7.48. The highest BCUT2D eigenvalue weighted by Crippen LogP contribution is 2.31. The normalized spacial score (nSPS) is 20.4. The minimum atomic E-state index is 0.371. The lowest BCUT2D eigenvalue weighted by molar-refractivity contribution is 0.699. The zero-order valence-electron chi connectivity index (χ0n) is 9.65. The van der Waals surface area contributed by atoms with Crippen LogP contribution in [0.1, 0.15) is 12.5 Å². The van der Waals surface area contributed by atoms with Crippen LogP contribution in [0, 0.1) is 0 Å².